The lowest BCUT2D eigenvalue weighted by molar-refractivity contribution is 1.24. The van der Waals surface area contributed by atoms with Crippen molar-refractivity contribution in [2.45, 2.75) is 0 Å². The first-order chi connectivity index (χ1) is 21.4. The van der Waals surface area contributed by atoms with Gasteiger partial charge in [0.15, 0.2) is 5.82 Å². The molecule has 0 saturated carbocycles. The van der Waals surface area contributed by atoms with Gasteiger partial charge in [-0.1, -0.05) is 140 Å². The van der Waals surface area contributed by atoms with E-state index < -0.39 is 0 Å². The van der Waals surface area contributed by atoms with Gasteiger partial charge in [-0.25, -0.2) is 9.97 Å². The van der Waals surface area contributed by atoms with Gasteiger partial charge in [0.2, 0.25) is 0 Å². The molecule has 0 spiro atoms. The van der Waals surface area contributed by atoms with Gasteiger partial charge in [0.1, 0.15) is 0 Å². The quantitative estimate of drug-likeness (QED) is 0.215. The largest absolute Gasteiger partial charge is 0.308 e. The number of nitrogens with zero attached hydrogens (tertiary/aromatic N) is 3. The fourth-order valence-corrected chi connectivity index (χ4v) is 6.72. The minimum absolute atomic E-state index is 0.715. The van der Waals surface area contributed by atoms with Crippen LogP contribution in [0.1, 0.15) is 0 Å². The molecule has 0 bridgehead atoms. The van der Waals surface area contributed by atoms with Crippen LogP contribution in [0.15, 0.2) is 152 Å². The van der Waals surface area contributed by atoms with Crippen molar-refractivity contribution in [1.82, 2.24) is 14.4 Å². The van der Waals surface area contributed by atoms with Gasteiger partial charge in [-0.15, -0.1) is 0 Å². The monoisotopic (exact) mass is 547 g/mol. The van der Waals surface area contributed by atoms with Crippen molar-refractivity contribution in [2.24, 2.45) is 0 Å². The van der Waals surface area contributed by atoms with Crippen LogP contribution in [0.2, 0.25) is 0 Å². The Hall–Kier alpha value is -5.80. The lowest BCUT2D eigenvalue weighted by atomic mass is 9.99. The van der Waals surface area contributed by atoms with Crippen LogP contribution in [0.3, 0.4) is 0 Å². The highest BCUT2D eigenvalue weighted by Crippen LogP contribution is 2.40. The van der Waals surface area contributed by atoms with Crippen molar-refractivity contribution < 1.29 is 0 Å². The number of fused-ring (bicyclic) bond motifs is 10. The molecule has 0 unspecified atom stereocenters. The smallest absolute Gasteiger partial charge is 0.160 e. The molecule has 0 fully saturated rings. The molecule has 3 aromatic heterocycles. The molecular formula is C40H25N3. The van der Waals surface area contributed by atoms with E-state index in [1.807, 2.05) is 18.2 Å². The summed E-state index contributed by atoms with van der Waals surface area (Å²) in [5.41, 5.74) is 7.40. The van der Waals surface area contributed by atoms with E-state index in [-0.39, 0.29) is 0 Å². The van der Waals surface area contributed by atoms with Gasteiger partial charge in [0.25, 0.3) is 0 Å². The van der Waals surface area contributed by atoms with Gasteiger partial charge in [-0.2, -0.15) is 0 Å². The molecule has 0 atom stereocenters. The van der Waals surface area contributed by atoms with Crippen LogP contribution in [0, 0.1) is 0 Å². The average molecular weight is 548 g/mol. The Morgan fingerprint density at radius 1 is 0.372 bits per heavy atom. The summed E-state index contributed by atoms with van der Waals surface area (Å²) in [6.07, 6.45) is 0. The SMILES string of the molecule is c1ccc(-c2nc(-c3ccccc3)c3c4ccccc4c4ccccc4n4c5ccccc5c5cccc(c3n2)c54)cc1. The summed E-state index contributed by atoms with van der Waals surface area (Å²) in [6, 6.07) is 53.6. The number of hydrogen-bond acceptors (Lipinski definition) is 2. The Labute approximate surface area is 248 Å². The van der Waals surface area contributed by atoms with E-state index in [9.17, 15) is 0 Å². The molecule has 0 aliphatic carbocycles. The first-order valence-electron chi connectivity index (χ1n) is 14.6. The minimum Gasteiger partial charge on any atom is -0.308 e. The van der Waals surface area contributed by atoms with Crippen LogP contribution in [-0.4, -0.2) is 14.4 Å². The molecule has 9 aromatic rings. The molecule has 0 radical (unpaired) electrons. The number of benzene rings is 6. The predicted molar refractivity (Wildman–Crippen MR) is 180 cm³/mol. The average Bonchev–Trinajstić information content (AvgIpc) is 3.44. The highest BCUT2D eigenvalue weighted by Gasteiger charge is 2.19. The molecule has 3 nitrogen and oxygen atoms in total. The second-order valence-electron chi connectivity index (χ2n) is 11.0. The van der Waals surface area contributed by atoms with Gasteiger partial charge >= 0.3 is 0 Å². The van der Waals surface area contributed by atoms with E-state index in [0.29, 0.717) is 5.82 Å². The summed E-state index contributed by atoms with van der Waals surface area (Å²) >= 11 is 0. The van der Waals surface area contributed by atoms with Gasteiger partial charge in [-0.3, -0.25) is 0 Å². The van der Waals surface area contributed by atoms with Gasteiger partial charge < -0.3 is 4.40 Å². The van der Waals surface area contributed by atoms with Crippen LogP contribution in [-0.2, 0) is 0 Å². The standard InChI is InChI=1S/C40H25N3/c1-3-14-26(15-4-1)37-36-31-21-8-7-18-28(31)29-19-9-11-24-34(29)43-35-25-12-10-20-30(35)32-22-13-23-33(39(32)43)38(36)42-40(41-37)27-16-5-2-6-17-27/h1-25H. The zero-order valence-electron chi connectivity index (χ0n) is 23.3. The molecule has 0 aliphatic heterocycles. The Balaban J connectivity index is 1.70. The van der Waals surface area contributed by atoms with Crippen LogP contribution < -0.4 is 0 Å². The zero-order chi connectivity index (χ0) is 28.3. The van der Waals surface area contributed by atoms with Crippen molar-refractivity contribution in [3.05, 3.63) is 152 Å². The first-order valence-corrected chi connectivity index (χ1v) is 14.6. The topological polar surface area (TPSA) is 30.2 Å². The molecule has 9 rings (SSSR count). The van der Waals surface area contributed by atoms with Crippen LogP contribution in [0.25, 0.3) is 82.4 Å². The first kappa shape index (κ1) is 23.9. The van der Waals surface area contributed by atoms with Crippen LogP contribution >= 0.6 is 0 Å². The summed E-state index contributed by atoms with van der Waals surface area (Å²) in [6.45, 7) is 0. The summed E-state index contributed by atoms with van der Waals surface area (Å²) in [7, 11) is 0. The fourth-order valence-electron chi connectivity index (χ4n) is 6.72. The van der Waals surface area contributed by atoms with Gasteiger partial charge in [-0.05, 0) is 22.9 Å². The number of hydrogen-bond donors (Lipinski definition) is 0. The van der Waals surface area contributed by atoms with Crippen molar-refractivity contribution >= 4 is 59.8 Å². The molecule has 0 aliphatic rings. The van der Waals surface area contributed by atoms with Crippen molar-refractivity contribution in [1.29, 1.82) is 0 Å². The molecule has 3 heterocycles. The van der Waals surface area contributed by atoms with E-state index >= 15 is 0 Å². The maximum absolute atomic E-state index is 5.44. The number of para-hydroxylation sites is 3. The lowest BCUT2D eigenvalue weighted by Crippen LogP contribution is -1.96. The van der Waals surface area contributed by atoms with Crippen LogP contribution in [0.4, 0.5) is 0 Å². The Morgan fingerprint density at radius 3 is 1.58 bits per heavy atom. The maximum atomic E-state index is 5.44. The molecule has 200 valence electrons. The number of rotatable bonds is 2. The van der Waals surface area contributed by atoms with E-state index in [4.69, 9.17) is 9.97 Å². The van der Waals surface area contributed by atoms with E-state index in [1.165, 1.54) is 21.7 Å². The third kappa shape index (κ3) is 3.55. The maximum Gasteiger partial charge on any atom is 0.160 e. The predicted octanol–water partition coefficient (Wildman–Crippen LogP) is 10.4. The summed E-state index contributed by atoms with van der Waals surface area (Å²) in [5.74, 6) is 0.715. The molecule has 6 aromatic carbocycles. The normalized spacial score (nSPS) is 11.7. The highest BCUT2D eigenvalue weighted by atomic mass is 14.9. The third-order valence-corrected chi connectivity index (χ3v) is 8.57. The third-order valence-electron chi connectivity index (χ3n) is 8.57. The Morgan fingerprint density at radius 2 is 0.884 bits per heavy atom. The number of aromatic nitrogens is 3. The molecule has 0 N–H and O–H groups in total. The van der Waals surface area contributed by atoms with Crippen LogP contribution in [0.5, 0.6) is 0 Å². The minimum atomic E-state index is 0.715. The summed E-state index contributed by atoms with van der Waals surface area (Å²) in [4.78, 5) is 10.8. The van der Waals surface area contributed by atoms with Crippen molar-refractivity contribution in [3.63, 3.8) is 0 Å². The van der Waals surface area contributed by atoms with Crippen molar-refractivity contribution in [3.8, 4) is 22.6 Å². The van der Waals surface area contributed by atoms with E-state index in [2.05, 4.69) is 138 Å². The van der Waals surface area contributed by atoms with Gasteiger partial charge in [0.05, 0.1) is 27.8 Å². The zero-order valence-corrected chi connectivity index (χ0v) is 23.3. The second kappa shape index (κ2) is 9.37. The Kier molecular flexibility index (Phi) is 5.20. The molecule has 0 amide bonds. The summed E-state index contributed by atoms with van der Waals surface area (Å²) in [5, 5.41) is 8.02. The highest BCUT2D eigenvalue weighted by molar-refractivity contribution is 6.26. The van der Waals surface area contributed by atoms with E-state index in [0.717, 1.165) is 54.9 Å². The molecule has 3 heteroatoms. The second-order valence-corrected chi connectivity index (χ2v) is 11.0. The molecule has 43 heavy (non-hydrogen) atoms. The van der Waals surface area contributed by atoms with Crippen molar-refractivity contribution in [2.75, 3.05) is 0 Å². The lowest BCUT2D eigenvalue weighted by Gasteiger charge is -2.11. The Bertz CT molecular complexity index is 2550. The fraction of sp³-hybridized carbons (Fsp3) is 0. The molecule has 0 saturated heterocycles. The molecular weight excluding hydrogens is 522 g/mol. The summed E-state index contributed by atoms with van der Waals surface area (Å²) < 4.78 is 2.44. The van der Waals surface area contributed by atoms with Gasteiger partial charge in [0, 0.05) is 38.1 Å². The van der Waals surface area contributed by atoms with E-state index in [1.54, 1.807) is 0 Å².